The van der Waals surface area contributed by atoms with E-state index in [0.29, 0.717) is 29.4 Å². The van der Waals surface area contributed by atoms with E-state index in [4.69, 9.17) is 13.9 Å². The zero-order chi connectivity index (χ0) is 20.8. The number of anilines is 1. The number of halogens is 1. The summed E-state index contributed by atoms with van der Waals surface area (Å²) in [6.45, 7) is 3.75. The number of rotatable bonds is 7. The van der Waals surface area contributed by atoms with Crippen molar-refractivity contribution in [2.24, 2.45) is 0 Å². The van der Waals surface area contributed by atoms with Gasteiger partial charge in [0, 0.05) is 5.56 Å². The molecular weight excluding hydrogens is 377 g/mol. The number of esters is 1. The van der Waals surface area contributed by atoms with E-state index in [1.807, 2.05) is 6.92 Å². The Morgan fingerprint density at radius 1 is 1.07 bits per heavy atom. The molecule has 7 heteroatoms. The maximum atomic E-state index is 13.0. The van der Waals surface area contributed by atoms with Crippen molar-refractivity contribution in [2.45, 2.75) is 20.0 Å². The summed E-state index contributed by atoms with van der Waals surface area (Å²) in [7, 11) is 0. The molecule has 0 spiro atoms. The summed E-state index contributed by atoms with van der Waals surface area (Å²) in [6.07, 6.45) is -1.06. The standard InChI is InChI=1S/C22H20FNO5/c1-3-27-19-7-5-4-6-17(19)24-21(25)14(2)28-22(26)20-13-12-18(29-20)15-8-10-16(23)11-9-15/h4-14H,3H2,1-2H3,(H,24,25). The van der Waals surface area contributed by atoms with Crippen molar-refractivity contribution < 1.29 is 27.9 Å². The Labute approximate surface area is 167 Å². The monoisotopic (exact) mass is 397 g/mol. The smallest absolute Gasteiger partial charge is 0.375 e. The number of para-hydroxylation sites is 2. The van der Waals surface area contributed by atoms with Crippen molar-refractivity contribution in [1.82, 2.24) is 0 Å². The summed E-state index contributed by atoms with van der Waals surface area (Å²) in [6, 6.07) is 15.7. The summed E-state index contributed by atoms with van der Waals surface area (Å²) >= 11 is 0. The third-order valence-corrected chi connectivity index (χ3v) is 4.03. The van der Waals surface area contributed by atoms with Gasteiger partial charge in [0.2, 0.25) is 5.76 Å². The summed E-state index contributed by atoms with van der Waals surface area (Å²) < 4.78 is 29.2. The molecule has 0 aliphatic rings. The van der Waals surface area contributed by atoms with Gasteiger partial charge in [0.25, 0.3) is 5.91 Å². The zero-order valence-corrected chi connectivity index (χ0v) is 16.0. The number of amides is 1. The van der Waals surface area contributed by atoms with Crippen LogP contribution in [0.25, 0.3) is 11.3 Å². The fraction of sp³-hybridized carbons (Fsp3) is 0.182. The van der Waals surface area contributed by atoms with Gasteiger partial charge in [-0.2, -0.15) is 0 Å². The Morgan fingerprint density at radius 2 is 1.79 bits per heavy atom. The highest BCUT2D eigenvalue weighted by atomic mass is 19.1. The molecule has 2 aromatic carbocycles. The lowest BCUT2D eigenvalue weighted by Crippen LogP contribution is -2.30. The molecule has 0 bridgehead atoms. The first-order valence-electron chi connectivity index (χ1n) is 9.07. The number of nitrogens with one attached hydrogen (secondary N) is 1. The molecule has 0 radical (unpaired) electrons. The summed E-state index contributed by atoms with van der Waals surface area (Å²) in [5, 5.41) is 2.68. The van der Waals surface area contributed by atoms with E-state index in [2.05, 4.69) is 5.32 Å². The van der Waals surface area contributed by atoms with Gasteiger partial charge in [0.1, 0.15) is 17.3 Å². The van der Waals surface area contributed by atoms with Gasteiger partial charge in [0.05, 0.1) is 12.3 Å². The molecule has 0 fully saturated rings. The van der Waals surface area contributed by atoms with Crippen LogP contribution in [0.4, 0.5) is 10.1 Å². The minimum atomic E-state index is -1.06. The molecular formula is C22H20FNO5. The number of carbonyl (C=O) groups excluding carboxylic acids is 2. The van der Waals surface area contributed by atoms with Gasteiger partial charge in [-0.25, -0.2) is 9.18 Å². The lowest BCUT2D eigenvalue weighted by atomic mass is 10.2. The molecule has 1 unspecified atom stereocenters. The molecule has 29 heavy (non-hydrogen) atoms. The Morgan fingerprint density at radius 3 is 2.52 bits per heavy atom. The normalized spacial score (nSPS) is 11.6. The second-order valence-corrected chi connectivity index (χ2v) is 6.14. The number of hydrogen-bond acceptors (Lipinski definition) is 5. The predicted molar refractivity (Wildman–Crippen MR) is 105 cm³/mol. The van der Waals surface area contributed by atoms with Gasteiger partial charge < -0.3 is 19.2 Å². The SMILES string of the molecule is CCOc1ccccc1NC(=O)C(C)OC(=O)c1ccc(-c2ccc(F)cc2)o1. The van der Waals surface area contributed by atoms with Crippen LogP contribution in [0.3, 0.4) is 0 Å². The van der Waals surface area contributed by atoms with Gasteiger partial charge in [0.15, 0.2) is 6.10 Å². The molecule has 6 nitrogen and oxygen atoms in total. The van der Waals surface area contributed by atoms with Crippen molar-refractivity contribution in [3.05, 3.63) is 72.2 Å². The molecule has 3 rings (SSSR count). The quantitative estimate of drug-likeness (QED) is 0.586. The largest absolute Gasteiger partial charge is 0.492 e. The van der Waals surface area contributed by atoms with Crippen LogP contribution in [-0.2, 0) is 9.53 Å². The van der Waals surface area contributed by atoms with Crippen LogP contribution in [0.1, 0.15) is 24.4 Å². The molecule has 1 N–H and O–H groups in total. The van der Waals surface area contributed by atoms with E-state index in [-0.39, 0.29) is 11.6 Å². The Hall–Kier alpha value is -3.61. The molecule has 0 saturated heterocycles. The van der Waals surface area contributed by atoms with Crippen LogP contribution in [0.15, 0.2) is 65.1 Å². The second-order valence-electron chi connectivity index (χ2n) is 6.14. The second kappa shape index (κ2) is 9.05. The van der Waals surface area contributed by atoms with E-state index in [1.54, 1.807) is 30.3 Å². The fourth-order valence-corrected chi connectivity index (χ4v) is 2.57. The average Bonchev–Trinajstić information content (AvgIpc) is 3.20. The summed E-state index contributed by atoms with van der Waals surface area (Å²) in [4.78, 5) is 24.7. The van der Waals surface area contributed by atoms with Crippen LogP contribution in [-0.4, -0.2) is 24.6 Å². The Kier molecular flexibility index (Phi) is 6.29. The topological polar surface area (TPSA) is 77.8 Å². The molecule has 1 atom stereocenters. The highest BCUT2D eigenvalue weighted by Crippen LogP contribution is 2.25. The fourth-order valence-electron chi connectivity index (χ4n) is 2.57. The zero-order valence-electron chi connectivity index (χ0n) is 16.0. The molecule has 3 aromatic rings. The van der Waals surface area contributed by atoms with Crippen molar-refractivity contribution in [3.8, 4) is 17.1 Å². The van der Waals surface area contributed by atoms with Crippen LogP contribution >= 0.6 is 0 Å². The predicted octanol–water partition coefficient (Wildman–Crippen LogP) is 4.67. The highest BCUT2D eigenvalue weighted by Gasteiger charge is 2.22. The maximum Gasteiger partial charge on any atom is 0.375 e. The lowest BCUT2D eigenvalue weighted by Gasteiger charge is -2.15. The number of furan rings is 1. The van der Waals surface area contributed by atoms with Gasteiger partial charge in [-0.1, -0.05) is 12.1 Å². The van der Waals surface area contributed by atoms with E-state index < -0.39 is 18.0 Å². The van der Waals surface area contributed by atoms with Gasteiger partial charge >= 0.3 is 5.97 Å². The van der Waals surface area contributed by atoms with E-state index in [1.165, 1.54) is 37.3 Å². The van der Waals surface area contributed by atoms with Crippen molar-refractivity contribution in [1.29, 1.82) is 0 Å². The molecule has 1 aromatic heterocycles. The lowest BCUT2D eigenvalue weighted by molar-refractivity contribution is -0.123. The molecule has 1 amide bonds. The van der Waals surface area contributed by atoms with Crippen molar-refractivity contribution >= 4 is 17.6 Å². The van der Waals surface area contributed by atoms with E-state index >= 15 is 0 Å². The third kappa shape index (κ3) is 5.01. The first-order valence-corrected chi connectivity index (χ1v) is 9.07. The minimum Gasteiger partial charge on any atom is -0.492 e. The van der Waals surface area contributed by atoms with E-state index in [0.717, 1.165) is 0 Å². The molecule has 1 heterocycles. The summed E-state index contributed by atoms with van der Waals surface area (Å²) in [5.74, 6) is -0.796. The molecule has 150 valence electrons. The van der Waals surface area contributed by atoms with Gasteiger partial charge in [-0.05, 0) is 62.4 Å². The summed E-state index contributed by atoms with van der Waals surface area (Å²) in [5.41, 5.74) is 1.10. The Bertz CT molecular complexity index is 996. The maximum absolute atomic E-state index is 13.0. The Balaban J connectivity index is 1.63. The number of carbonyl (C=O) groups is 2. The van der Waals surface area contributed by atoms with Crippen molar-refractivity contribution in [2.75, 3.05) is 11.9 Å². The highest BCUT2D eigenvalue weighted by molar-refractivity contribution is 5.97. The van der Waals surface area contributed by atoms with E-state index in [9.17, 15) is 14.0 Å². The minimum absolute atomic E-state index is 0.0568. The van der Waals surface area contributed by atoms with Crippen LogP contribution in [0.2, 0.25) is 0 Å². The van der Waals surface area contributed by atoms with Crippen LogP contribution in [0.5, 0.6) is 5.75 Å². The van der Waals surface area contributed by atoms with Crippen LogP contribution < -0.4 is 10.1 Å². The number of ether oxygens (including phenoxy) is 2. The molecule has 0 aliphatic heterocycles. The van der Waals surface area contributed by atoms with Crippen molar-refractivity contribution in [3.63, 3.8) is 0 Å². The average molecular weight is 397 g/mol. The molecule has 0 aliphatic carbocycles. The first-order chi connectivity index (χ1) is 14.0. The van der Waals surface area contributed by atoms with Gasteiger partial charge in [-0.3, -0.25) is 4.79 Å². The number of hydrogen-bond donors (Lipinski definition) is 1. The van der Waals surface area contributed by atoms with Gasteiger partial charge in [-0.15, -0.1) is 0 Å². The van der Waals surface area contributed by atoms with Crippen LogP contribution in [0, 0.1) is 5.82 Å². The number of benzene rings is 2. The third-order valence-electron chi connectivity index (χ3n) is 4.03. The first kappa shape index (κ1) is 20.1. The molecule has 0 saturated carbocycles.